The van der Waals surface area contributed by atoms with Crippen molar-refractivity contribution in [3.63, 3.8) is 0 Å². The van der Waals surface area contributed by atoms with Gasteiger partial charge in [-0.1, -0.05) is 6.07 Å². The predicted octanol–water partition coefficient (Wildman–Crippen LogP) is 1.15. The summed E-state index contributed by atoms with van der Waals surface area (Å²) >= 11 is 0. The lowest BCUT2D eigenvalue weighted by Gasteiger charge is -2.05. The number of halogens is 1. The van der Waals surface area contributed by atoms with Crippen LogP contribution in [0.1, 0.15) is 10.4 Å². The number of phenolic OH excluding ortho intramolecular Hbond substituents is 1. The van der Waals surface area contributed by atoms with Crippen LogP contribution in [0.5, 0.6) is 5.75 Å². The molecule has 0 spiro atoms. The van der Waals surface area contributed by atoms with Crippen molar-refractivity contribution >= 4 is 17.6 Å². The highest BCUT2D eigenvalue weighted by atomic mass is 19.1. The first-order valence-electron chi connectivity index (χ1n) is 5.89. The number of benzene rings is 1. The van der Waals surface area contributed by atoms with Crippen LogP contribution in [-0.4, -0.2) is 33.9 Å². The zero-order valence-corrected chi connectivity index (χ0v) is 11.0. The fourth-order valence-electron chi connectivity index (χ4n) is 1.64. The second-order valence-corrected chi connectivity index (χ2v) is 4.09. The molecule has 0 aliphatic carbocycles. The number of aromatic hydroxyl groups is 1. The Hall–Kier alpha value is -2.90. The molecule has 8 heteroatoms. The molecule has 0 aliphatic rings. The van der Waals surface area contributed by atoms with Crippen molar-refractivity contribution < 1.29 is 23.8 Å². The van der Waals surface area contributed by atoms with Crippen LogP contribution < -0.4 is 5.32 Å². The summed E-state index contributed by atoms with van der Waals surface area (Å²) in [5.41, 5.74) is -0.204. The summed E-state index contributed by atoms with van der Waals surface area (Å²) in [6.45, 7) is -0.114. The number of aromatic nitrogens is 2. The summed E-state index contributed by atoms with van der Waals surface area (Å²) in [7, 11) is 1.25. The van der Waals surface area contributed by atoms with Crippen LogP contribution in [0.25, 0.3) is 0 Å². The van der Waals surface area contributed by atoms with Crippen molar-refractivity contribution in [1.29, 1.82) is 0 Å². The number of hydrogen-bond acceptors (Lipinski definition) is 5. The van der Waals surface area contributed by atoms with Crippen LogP contribution in [0.3, 0.4) is 0 Å². The second kappa shape index (κ2) is 6.04. The van der Waals surface area contributed by atoms with Gasteiger partial charge < -0.3 is 15.2 Å². The van der Waals surface area contributed by atoms with E-state index in [1.807, 2.05) is 0 Å². The van der Waals surface area contributed by atoms with Gasteiger partial charge in [-0.05, 0) is 12.1 Å². The number of hydrogen-bond donors (Lipinski definition) is 2. The number of nitrogens with zero attached hydrogens (tertiary/aromatic N) is 2. The summed E-state index contributed by atoms with van der Waals surface area (Å²) in [5, 5.41) is 15.7. The van der Waals surface area contributed by atoms with Crippen molar-refractivity contribution in [1.82, 2.24) is 9.78 Å². The zero-order chi connectivity index (χ0) is 15.4. The van der Waals surface area contributed by atoms with Gasteiger partial charge in [0.05, 0.1) is 19.0 Å². The largest absolute Gasteiger partial charge is 0.507 e. The molecule has 0 unspecified atom stereocenters. The Balaban J connectivity index is 2.12. The van der Waals surface area contributed by atoms with E-state index in [1.54, 1.807) is 0 Å². The molecule has 0 aliphatic heterocycles. The summed E-state index contributed by atoms with van der Waals surface area (Å²) in [6.07, 6.45) is 2.67. The van der Waals surface area contributed by atoms with Crippen molar-refractivity contribution in [2.75, 3.05) is 12.4 Å². The molecule has 21 heavy (non-hydrogen) atoms. The lowest BCUT2D eigenvalue weighted by atomic mass is 10.1. The van der Waals surface area contributed by atoms with Crippen LogP contribution in [0, 0.1) is 5.82 Å². The first kappa shape index (κ1) is 14.5. The van der Waals surface area contributed by atoms with E-state index in [0.717, 1.165) is 6.07 Å². The minimum absolute atomic E-state index is 0.114. The molecule has 1 heterocycles. The molecule has 0 atom stereocenters. The number of carbonyl (C=O) groups is 2. The van der Waals surface area contributed by atoms with Gasteiger partial charge in [0.25, 0.3) is 5.91 Å². The highest BCUT2D eigenvalue weighted by Gasteiger charge is 2.17. The standard InChI is InChI=1S/C13H12FN3O4/c1-21-11(19)7-17-6-8(5-15-17)16-13(20)12-9(14)3-2-4-10(12)18/h2-6,18H,7H2,1H3,(H,16,20). The summed E-state index contributed by atoms with van der Waals surface area (Å²) in [6, 6.07) is 3.56. The number of anilines is 1. The van der Waals surface area contributed by atoms with E-state index in [2.05, 4.69) is 15.2 Å². The van der Waals surface area contributed by atoms with Gasteiger partial charge in [-0.25, -0.2) is 4.39 Å². The molecule has 0 saturated heterocycles. The Morgan fingerprint density at radius 1 is 1.48 bits per heavy atom. The molecule has 0 saturated carbocycles. The molecule has 2 rings (SSSR count). The fourth-order valence-corrected chi connectivity index (χ4v) is 1.64. The number of rotatable bonds is 4. The number of carbonyl (C=O) groups excluding carboxylic acids is 2. The third-order valence-corrected chi connectivity index (χ3v) is 2.63. The van der Waals surface area contributed by atoms with Gasteiger partial charge >= 0.3 is 5.97 Å². The van der Waals surface area contributed by atoms with E-state index in [0.29, 0.717) is 0 Å². The van der Waals surface area contributed by atoms with Crippen molar-refractivity contribution in [2.24, 2.45) is 0 Å². The maximum Gasteiger partial charge on any atom is 0.327 e. The smallest absolute Gasteiger partial charge is 0.327 e. The van der Waals surface area contributed by atoms with Crippen LogP contribution in [-0.2, 0) is 16.1 Å². The van der Waals surface area contributed by atoms with Crippen LogP contribution in [0.2, 0.25) is 0 Å². The lowest BCUT2D eigenvalue weighted by molar-refractivity contribution is -0.141. The number of ether oxygens (including phenoxy) is 1. The van der Waals surface area contributed by atoms with Gasteiger partial charge in [-0.15, -0.1) is 0 Å². The maximum absolute atomic E-state index is 13.5. The average molecular weight is 293 g/mol. The maximum atomic E-state index is 13.5. The quantitative estimate of drug-likeness (QED) is 0.825. The Morgan fingerprint density at radius 2 is 2.24 bits per heavy atom. The van der Waals surface area contributed by atoms with Gasteiger partial charge in [-0.2, -0.15) is 5.10 Å². The van der Waals surface area contributed by atoms with Crippen molar-refractivity contribution in [3.05, 3.63) is 42.0 Å². The molecule has 7 nitrogen and oxygen atoms in total. The Labute approximate surface area is 119 Å². The van der Waals surface area contributed by atoms with Crippen LogP contribution in [0.4, 0.5) is 10.1 Å². The lowest BCUT2D eigenvalue weighted by Crippen LogP contribution is -2.14. The first-order chi connectivity index (χ1) is 10.0. The molecule has 0 fully saturated rings. The van der Waals surface area contributed by atoms with E-state index >= 15 is 0 Å². The minimum atomic E-state index is -0.838. The van der Waals surface area contributed by atoms with E-state index in [9.17, 15) is 19.1 Å². The van der Waals surface area contributed by atoms with E-state index < -0.39 is 29.0 Å². The Bertz CT molecular complexity index is 664. The van der Waals surface area contributed by atoms with Gasteiger partial charge in [0.1, 0.15) is 23.7 Å². The van der Waals surface area contributed by atoms with Gasteiger partial charge in [0, 0.05) is 6.20 Å². The van der Waals surface area contributed by atoms with Crippen LogP contribution >= 0.6 is 0 Å². The molecule has 1 amide bonds. The molecule has 2 N–H and O–H groups in total. The summed E-state index contributed by atoms with van der Waals surface area (Å²) in [4.78, 5) is 23.0. The number of amides is 1. The van der Waals surface area contributed by atoms with Crippen molar-refractivity contribution in [3.8, 4) is 5.75 Å². The molecule has 2 aromatic rings. The Morgan fingerprint density at radius 3 is 2.90 bits per heavy atom. The number of esters is 1. The third-order valence-electron chi connectivity index (χ3n) is 2.63. The number of phenols is 1. The van der Waals surface area contributed by atoms with Gasteiger partial charge in [0.15, 0.2) is 0 Å². The van der Waals surface area contributed by atoms with E-state index in [4.69, 9.17) is 0 Å². The topological polar surface area (TPSA) is 93.5 Å². The highest BCUT2D eigenvalue weighted by molar-refractivity contribution is 6.06. The zero-order valence-electron chi connectivity index (χ0n) is 11.0. The molecular formula is C13H12FN3O4. The molecular weight excluding hydrogens is 281 g/mol. The first-order valence-corrected chi connectivity index (χ1v) is 5.89. The average Bonchev–Trinajstić information content (AvgIpc) is 2.85. The molecule has 110 valence electrons. The van der Waals surface area contributed by atoms with Crippen LogP contribution in [0.15, 0.2) is 30.6 Å². The monoisotopic (exact) mass is 293 g/mol. The molecule has 0 bridgehead atoms. The van der Waals surface area contributed by atoms with Crippen molar-refractivity contribution in [2.45, 2.75) is 6.54 Å². The highest BCUT2D eigenvalue weighted by Crippen LogP contribution is 2.21. The molecule has 0 radical (unpaired) electrons. The summed E-state index contributed by atoms with van der Waals surface area (Å²) < 4.78 is 19.3. The van der Waals surface area contributed by atoms with Gasteiger partial charge in [0.2, 0.25) is 0 Å². The van der Waals surface area contributed by atoms with E-state index in [1.165, 1.54) is 36.3 Å². The number of methoxy groups -OCH3 is 1. The second-order valence-electron chi connectivity index (χ2n) is 4.09. The molecule has 1 aromatic carbocycles. The summed E-state index contributed by atoms with van der Waals surface area (Å²) in [5.74, 6) is -2.62. The van der Waals surface area contributed by atoms with E-state index in [-0.39, 0.29) is 12.2 Å². The van der Waals surface area contributed by atoms with Gasteiger partial charge in [-0.3, -0.25) is 14.3 Å². The Kier molecular flexibility index (Phi) is 4.17. The molecule has 1 aromatic heterocycles. The number of nitrogens with one attached hydrogen (secondary N) is 1. The third kappa shape index (κ3) is 3.35. The predicted molar refractivity (Wildman–Crippen MR) is 70.3 cm³/mol. The fraction of sp³-hybridized carbons (Fsp3) is 0.154. The SMILES string of the molecule is COC(=O)Cn1cc(NC(=O)c2c(O)cccc2F)cn1. The minimum Gasteiger partial charge on any atom is -0.507 e. The normalized spacial score (nSPS) is 10.2.